The summed E-state index contributed by atoms with van der Waals surface area (Å²) in [4.78, 5) is 13.0. The first-order chi connectivity index (χ1) is 11.8. The standard InChI is InChI=1S/C19H21N3O2S/c1-10-5-7-14(11(2)9-10)21-18(23)16-13(4)20-19(25)22-17(16)15-8-6-12(3)24-15/h5-9,17H,1-4H3,(H,21,23)(H2,20,22,25)/t17-/m0/s1. The van der Waals surface area contributed by atoms with Crippen LogP contribution in [0.15, 0.2) is 46.0 Å². The maximum atomic E-state index is 13.0. The summed E-state index contributed by atoms with van der Waals surface area (Å²) >= 11 is 5.24. The number of allylic oxidation sites excluding steroid dienone is 1. The van der Waals surface area contributed by atoms with E-state index >= 15 is 0 Å². The van der Waals surface area contributed by atoms with Crippen molar-refractivity contribution in [3.8, 4) is 0 Å². The number of carbonyl (C=O) groups is 1. The van der Waals surface area contributed by atoms with Gasteiger partial charge in [0, 0.05) is 11.4 Å². The number of furan rings is 1. The number of amides is 1. The van der Waals surface area contributed by atoms with Crippen LogP contribution < -0.4 is 16.0 Å². The van der Waals surface area contributed by atoms with Crippen molar-refractivity contribution in [1.29, 1.82) is 0 Å². The predicted molar refractivity (Wildman–Crippen MR) is 102 cm³/mol. The molecule has 0 saturated heterocycles. The molecule has 0 aliphatic carbocycles. The molecule has 25 heavy (non-hydrogen) atoms. The molecular weight excluding hydrogens is 334 g/mol. The lowest BCUT2D eigenvalue weighted by atomic mass is 9.99. The lowest BCUT2D eigenvalue weighted by Crippen LogP contribution is -2.45. The second-order valence-corrected chi connectivity index (χ2v) is 6.70. The van der Waals surface area contributed by atoms with Crippen molar-refractivity contribution < 1.29 is 9.21 Å². The van der Waals surface area contributed by atoms with E-state index in [4.69, 9.17) is 16.6 Å². The Morgan fingerprint density at radius 3 is 2.56 bits per heavy atom. The molecule has 1 aliphatic rings. The zero-order valence-electron chi connectivity index (χ0n) is 14.7. The Balaban J connectivity index is 1.94. The lowest BCUT2D eigenvalue weighted by molar-refractivity contribution is -0.113. The minimum absolute atomic E-state index is 0.189. The van der Waals surface area contributed by atoms with Crippen molar-refractivity contribution >= 4 is 28.9 Å². The monoisotopic (exact) mass is 355 g/mol. The van der Waals surface area contributed by atoms with Crippen LogP contribution >= 0.6 is 12.2 Å². The van der Waals surface area contributed by atoms with Crippen molar-refractivity contribution in [2.45, 2.75) is 33.7 Å². The molecular formula is C19H21N3O2S. The number of hydrogen-bond acceptors (Lipinski definition) is 3. The van der Waals surface area contributed by atoms with Crippen LogP contribution in [0.5, 0.6) is 0 Å². The summed E-state index contributed by atoms with van der Waals surface area (Å²) in [6.45, 7) is 7.71. The van der Waals surface area contributed by atoms with Gasteiger partial charge in [-0.3, -0.25) is 4.79 Å². The smallest absolute Gasteiger partial charge is 0.255 e. The number of anilines is 1. The molecule has 130 valence electrons. The van der Waals surface area contributed by atoms with Gasteiger partial charge < -0.3 is 20.4 Å². The second kappa shape index (κ2) is 6.72. The number of nitrogens with one attached hydrogen (secondary N) is 3. The number of hydrogen-bond donors (Lipinski definition) is 3. The highest BCUT2D eigenvalue weighted by Gasteiger charge is 2.32. The summed E-state index contributed by atoms with van der Waals surface area (Å²) in [6.07, 6.45) is 0. The molecule has 2 aromatic rings. The van der Waals surface area contributed by atoms with Crippen LogP contribution in [-0.4, -0.2) is 11.0 Å². The topological polar surface area (TPSA) is 66.3 Å². The molecule has 3 rings (SSSR count). The predicted octanol–water partition coefficient (Wildman–Crippen LogP) is 3.64. The van der Waals surface area contributed by atoms with Gasteiger partial charge in [0.15, 0.2) is 5.11 Å². The van der Waals surface area contributed by atoms with E-state index in [0.29, 0.717) is 22.1 Å². The van der Waals surface area contributed by atoms with Crippen molar-refractivity contribution in [3.05, 3.63) is 64.2 Å². The van der Waals surface area contributed by atoms with Crippen molar-refractivity contribution in [2.75, 3.05) is 5.32 Å². The minimum Gasteiger partial charge on any atom is -0.464 e. The normalized spacial score (nSPS) is 17.1. The molecule has 1 aromatic heterocycles. The van der Waals surface area contributed by atoms with Crippen LogP contribution in [0.2, 0.25) is 0 Å². The summed E-state index contributed by atoms with van der Waals surface area (Å²) < 4.78 is 5.73. The number of aryl methyl sites for hydroxylation is 3. The van der Waals surface area contributed by atoms with E-state index < -0.39 is 6.04 Å². The number of thiocarbonyl (C=S) groups is 1. The van der Waals surface area contributed by atoms with E-state index in [2.05, 4.69) is 16.0 Å². The average molecular weight is 355 g/mol. The van der Waals surface area contributed by atoms with Gasteiger partial charge in [0.05, 0.1) is 5.57 Å². The molecule has 0 saturated carbocycles. The Kier molecular flexibility index (Phi) is 4.63. The van der Waals surface area contributed by atoms with Gasteiger partial charge in [0.1, 0.15) is 17.6 Å². The van der Waals surface area contributed by atoms with Crippen molar-refractivity contribution in [3.63, 3.8) is 0 Å². The van der Waals surface area contributed by atoms with Crippen LogP contribution in [0.25, 0.3) is 0 Å². The van der Waals surface area contributed by atoms with Gasteiger partial charge in [-0.05, 0) is 63.7 Å². The zero-order valence-corrected chi connectivity index (χ0v) is 15.5. The van der Waals surface area contributed by atoms with Crippen molar-refractivity contribution in [1.82, 2.24) is 10.6 Å². The third-order valence-electron chi connectivity index (χ3n) is 4.19. The van der Waals surface area contributed by atoms with Gasteiger partial charge in [-0.25, -0.2) is 0 Å². The molecule has 5 nitrogen and oxygen atoms in total. The van der Waals surface area contributed by atoms with Crippen LogP contribution in [0.4, 0.5) is 5.69 Å². The SMILES string of the molecule is CC1=C(C(=O)Nc2ccc(C)cc2C)[C@H](c2ccc(C)o2)NC(=S)N1. The molecule has 0 radical (unpaired) electrons. The molecule has 1 atom stereocenters. The van der Waals surface area contributed by atoms with E-state index in [0.717, 1.165) is 22.6 Å². The van der Waals surface area contributed by atoms with Crippen LogP contribution in [0.1, 0.15) is 35.6 Å². The van der Waals surface area contributed by atoms with Gasteiger partial charge in [0.2, 0.25) is 0 Å². The van der Waals surface area contributed by atoms with E-state index in [1.807, 2.05) is 58.0 Å². The Morgan fingerprint density at radius 1 is 1.16 bits per heavy atom. The summed E-state index contributed by atoms with van der Waals surface area (Å²) in [7, 11) is 0. The van der Waals surface area contributed by atoms with Gasteiger partial charge >= 0.3 is 0 Å². The van der Waals surface area contributed by atoms with Gasteiger partial charge in [-0.15, -0.1) is 0 Å². The fourth-order valence-corrected chi connectivity index (χ4v) is 3.23. The molecule has 0 bridgehead atoms. The van der Waals surface area contributed by atoms with Crippen LogP contribution in [0.3, 0.4) is 0 Å². The Labute approximate surface area is 152 Å². The number of benzene rings is 1. The fourth-order valence-electron chi connectivity index (χ4n) is 2.96. The molecule has 3 N–H and O–H groups in total. The van der Waals surface area contributed by atoms with E-state index in [-0.39, 0.29) is 5.91 Å². The van der Waals surface area contributed by atoms with Gasteiger partial charge in [-0.1, -0.05) is 17.7 Å². The first-order valence-corrected chi connectivity index (χ1v) is 8.49. The molecule has 2 heterocycles. The first kappa shape index (κ1) is 17.2. The van der Waals surface area contributed by atoms with Crippen LogP contribution in [-0.2, 0) is 4.79 Å². The summed E-state index contributed by atoms with van der Waals surface area (Å²) in [6, 6.07) is 9.24. The van der Waals surface area contributed by atoms with Crippen LogP contribution in [0, 0.1) is 20.8 Å². The van der Waals surface area contributed by atoms with Gasteiger partial charge in [-0.2, -0.15) is 0 Å². The fraction of sp³-hybridized carbons (Fsp3) is 0.263. The maximum absolute atomic E-state index is 13.0. The zero-order chi connectivity index (χ0) is 18.1. The maximum Gasteiger partial charge on any atom is 0.255 e. The third kappa shape index (κ3) is 3.58. The second-order valence-electron chi connectivity index (χ2n) is 6.29. The molecule has 0 unspecified atom stereocenters. The molecule has 0 spiro atoms. The first-order valence-electron chi connectivity index (χ1n) is 8.08. The quantitative estimate of drug-likeness (QED) is 0.734. The van der Waals surface area contributed by atoms with Gasteiger partial charge in [0.25, 0.3) is 5.91 Å². The Morgan fingerprint density at radius 2 is 1.92 bits per heavy atom. The van der Waals surface area contributed by atoms with E-state index in [1.54, 1.807) is 0 Å². The molecule has 1 amide bonds. The molecule has 0 fully saturated rings. The largest absolute Gasteiger partial charge is 0.464 e. The molecule has 1 aromatic carbocycles. The highest BCUT2D eigenvalue weighted by atomic mass is 32.1. The van der Waals surface area contributed by atoms with Crippen molar-refractivity contribution in [2.24, 2.45) is 0 Å². The molecule has 6 heteroatoms. The third-order valence-corrected chi connectivity index (χ3v) is 4.41. The van der Waals surface area contributed by atoms with E-state index in [9.17, 15) is 4.79 Å². The molecule has 1 aliphatic heterocycles. The highest BCUT2D eigenvalue weighted by Crippen LogP contribution is 2.29. The Hall–Kier alpha value is -2.60. The Bertz CT molecular complexity index is 883. The van der Waals surface area contributed by atoms with E-state index in [1.165, 1.54) is 0 Å². The number of rotatable bonds is 3. The summed E-state index contributed by atoms with van der Waals surface area (Å²) in [5.74, 6) is 1.26. The summed E-state index contributed by atoms with van der Waals surface area (Å²) in [5.41, 5.74) is 4.23. The lowest BCUT2D eigenvalue weighted by Gasteiger charge is -2.29. The number of carbonyl (C=O) groups excluding carboxylic acids is 1. The average Bonchev–Trinajstić information content (AvgIpc) is 2.95. The highest BCUT2D eigenvalue weighted by molar-refractivity contribution is 7.80. The summed E-state index contributed by atoms with van der Waals surface area (Å²) in [5, 5.41) is 9.62. The minimum atomic E-state index is -0.423.